The molecule has 1 atom stereocenters. The lowest BCUT2D eigenvalue weighted by Crippen LogP contribution is -2.48. The van der Waals surface area contributed by atoms with Crippen molar-refractivity contribution in [3.63, 3.8) is 0 Å². The molecule has 0 radical (unpaired) electrons. The molecule has 0 aliphatic carbocycles. The number of ether oxygens (including phenoxy) is 1. The van der Waals surface area contributed by atoms with E-state index in [4.69, 9.17) is 4.74 Å². The van der Waals surface area contributed by atoms with E-state index in [0.29, 0.717) is 18.8 Å². The van der Waals surface area contributed by atoms with Gasteiger partial charge in [-0.3, -0.25) is 9.59 Å². The topological polar surface area (TPSA) is 58.6 Å². The second-order valence-electron chi connectivity index (χ2n) is 6.42. The molecule has 2 aromatic carbocycles. The highest BCUT2D eigenvalue weighted by Crippen LogP contribution is 2.17. The molecular formula is C22H28N2O3S. The van der Waals surface area contributed by atoms with Crippen molar-refractivity contribution in [1.82, 2.24) is 10.2 Å². The number of rotatable bonds is 10. The maximum atomic E-state index is 12.9. The number of hydrogen-bond acceptors (Lipinski definition) is 4. The molecule has 0 aliphatic heterocycles. The first-order valence-corrected chi connectivity index (χ1v) is 10.5. The molecule has 0 bridgehead atoms. The van der Waals surface area contributed by atoms with Crippen molar-refractivity contribution < 1.29 is 14.3 Å². The van der Waals surface area contributed by atoms with Gasteiger partial charge in [0.05, 0.1) is 12.9 Å². The highest BCUT2D eigenvalue weighted by atomic mass is 32.2. The fourth-order valence-electron chi connectivity index (χ4n) is 2.75. The van der Waals surface area contributed by atoms with Crippen molar-refractivity contribution >= 4 is 23.6 Å². The molecule has 0 aromatic heterocycles. The Morgan fingerprint density at radius 1 is 1.07 bits per heavy atom. The van der Waals surface area contributed by atoms with Gasteiger partial charge in [-0.2, -0.15) is 0 Å². The maximum Gasteiger partial charge on any atom is 0.242 e. The van der Waals surface area contributed by atoms with E-state index >= 15 is 0 Å². The normalized spacial score (nSPS) is 11.5. The fourth-order valence-corrected chi connectivity index (χ4v) is 3.62. The zero-order valence-electron chi connectivity index (χ0n) is 16.7. The lowest BCUT2D eigenvalue weighted by molar-refractivity contribution is -0.138. The first kappa shape index (κ1) is 21.8. The quantitative estimate of drug-likeness (QED) is 0.663. The fraction of sp³-hybridized carbons (Fsp3) is 0.364. The molecule has 0 fully saturated rings. The monoisotopic (exact) mass is 400 g/mol. The van der Waals surface area contributed by atoms with Crippen LogP contribution in [0.25, 0.3) is 0 Å². The van der Waals surface area contributed by atoms with E-state index in [1.807, 2.05) is 61.5 Å². The Bertz CT molecular complexity index is 750. The van der Waals surface area contributed by atoms with Crippen LogP contribution in [0.4, 0.5) is 0 Å². The van der Waals surface area contributed by atoms with Crippen LogP contribution in [0.5, 0.6) is 5.75 Å². The van der Waals surface area contributed by atoms with Crippen molar-refractivity contribution in [2.24, 2.45) is 0 Å². The van der Waals surface area contributed by atoms with E-state index in [1.54, 1.807) is 30.7 Å². The van der Waals surface area contributed by atoms with Crippen LogP contribution in [0, 0.1) is 0 Å². The SMILES string of the molecule is CCNC(=O)[C@H](C)N(Cc1ccc(OC)cc1)C(=O)CSCc1ccccc1. The Labute approximate surface area is 171 Å². The zero-order chi connectivity index (χ0) is 20.4. The average molecular weight is 401 g/mol. The predicted octanol–water partition coefficient (Wildman–Crippen LogP) is 3.48. The number of benzene rings is 2. The van der Waals surface area contributed by atoms with Gasteiger partial charge in [-0.15, -0.1) is 11.8 Å². The van der Waals surface area contributed by atoms with Crippen molar-refractivity contribution in [2.75, 3.05) is 19.4 Å². The van der Waals surface area contributed by atoms with Gasteiger partial charge in [0.25, 0.3) is 0 Å². The van der Waals surface area contributed by atoms with E-state index in [1.165, 1.54) is 5.56 Å². The van der Waals surface area contributed by atoms with E-state index in [-0.39, 0.29) is 11.8 Å². The number of hydrogen-bond donors (Lipinski definition) is 1. The van der Waals surface area contributed by atoms with E-state index in [0.717, 1.165) is 17.1 Å². The summed E-state index contributed by atoms with van der Waals surface area (Å²) in [5, 5.41) is 2.81. The van der Waals surface area contributed by atoms with Gasteiger partial charge in [-0.1, -0.05) is 42.5 Å². The minimum atomic E-state index is -0.535. The van der Waals surface area contributed by atoms with Gasteiger partial charge >= 0.3 is 0 Å². The minimum absolute atomic E-state index is 0.0458. The molecule has 0 heterocycles. The molecule has 0 saturated carbocycles. The van der Waals surface area contributed by atoms with Crippen molar-refractivity contribution in [1.29, 1.82) is 0 Å². The molecule has 0 aliphatic rings. The molecule has 0 unspecified atom stereocenters. The van der Waals surface area contributed by atoms with Crippen LogP contribution in [0.3, 0.4) is 0 Å². The second kappa shape index (κ2) is 11.4. The van der Waals surface area contributed by atoms with Gasteiger partial charge in [0.2, 0.25) is 11.8 Å². The Hall–Kier alpha value is -2.47. The van der Waals surface area contributed by atoms with Crippen molar-refractivity contribution in [3.05, 3.63) is 65.7 Å². The molecule has 1 N–H and O–H groups in total. The smallest absolute Gasteiger partial charge is 0.242 e. The molecule has 2 rings (SSSR count). The number of nitrogens with zero attached hydrogens (tertiary/aromatic N) is 1. The number of carbonyl (C=O) groups is 2. The Morgan fingerprint density at radius 2 is 1.75 bits per heavy atom. The molecule has 6 heteroatoms. The third-order valence-electron chi connectivity index (χ3n) is 4.37. The first-order valence-electron chi connectivity index (χ1n) is 9.37. The van der Waals surface area contributed by atoms with E-state index in [9.17, 15) is 9.59 Å². The van der Waals surface area contributed by atoms with Gasteiger partial charge in [-0.25, -0.2) is 0 Å². The van der Waals surface area contributed by atoms with Gasteiger partial charge in [0, 0.05) is 18.8 Å². The van der Waals surface area contributed by atoms with E-state index in [2.05, 4.69) is 5.32 Å². The summed E-state index contributed by atoms with van der Waals surface area (Å²) in [4.78, 5) is 26.9. The second-order valence-corrected chi connectivity index (χ2v) is 7.40. The lowest BCUT2D eigenvalue weighted by atomic mass is 10.1. The van der Waals surface area contributed by atoms with Gasteiger partial charge in [0.15, 0.2) is 0 Å². The Balaban J connectivity index is 2.04. The summed E-state index contributed by atoms with van der Waals surface area (Å²) in [6.07, 6.45) is 0. The number of likely N-dealkylation sites (N-methyl/N-ethyl adjacent to an activating group) is 1. The maximum absolute atomic E-state index is 12.9. The van der Waals surface area contributed by atoms with Crippen LogP contribution in [0.1, 0.15) is 25.0 Å². The zero-order valence-corrected chi connectivity index (χ0v) is 17.5. The van der Waals surface area contributed by atoms with E-state index < -0.39 is 6.04 Å². The summed E-state index contributed by atoms with van der Waals surface area (Å²) in [7, 11) is 1.62. The molecule has 28 heavy (non-hydrogen) atoms. The first-order chi connectivity index (χ1) is 13.5. The van der Waals surface area contributed by atoms with Gasteiger partial charge in [0.1, 0.15) is 11.8 Å². The van der Waals surface area contributed by atoms with Crippen molar-refractivity contribution in [2.45, 2.75) is 32.2 Å². The average Bonchev–Trinajstić information content (AvgIpc) is 2.72. The van der Waals surface area contributed by atoms with Crippen LogP contribution in [0.2, 0.25) is 0 Å². The third kappa shape index (κ3) is 6.60. The summed E-state index contributed by atoms with van der Waals surface area (Å²) in [5.74, 6) is 1.66. The van der Waals surface area contributed by atoms with Crippen LogP contribution in [-0.4, -0.2) is 42.2 Å². The summed E-state index contributed by atoms with van der Waals surface area (Å²) in [6.45, 7) is 4.56. The third-order valence-corrected chi connectivity index (χ3v) is 5.36. The Morgan fingerprint density at radius 3 is 2.36 bits per heavy atom. The summed E-state index contributed by atoms with van der Waals surface area (Å²) >= 11 is 1.56. The number of methoxy groups -OCH3 is 1. The van der Waals surface area contributed by atoms with Crippen molar-refractivity contribution in [3.8, 4) is 5.75 Å². The molecule has 0 saturated heterocycles. The van der Waals surface area contributed by atoms with Crippen LogP contribution in [-0.2, 0) is 21.9 Å². The predicted molar refractivity (Wildman–Crippen MR) is 114 cm³/mol. The number of nitrogens with one attached hydrogen (secondary N) is 1. The minimum Gasteiger partial charge on any atom is -0.497 e. The summed E-state index contributed by atoms with van der Waals surface area (Å²) in [5.41, 5.74) is 2.14. The summed E-state index contributed by atoms with van der Waals surface area (Å²) in [6, 6.07) is 17.1. The van der Waals surface area contributed by atoms with Crippen LogP contribution in [0.15, 0.2) is 54.6 Å². The molecule has 2 aromatic rings. The molecular weight excluding hydrogens is 372 g/mol. The standard InChI is InChI=1S/C22H28N2O3S/c1-4-23-22(26)17(2)24(14-18-10-12-20(27-3)13-11-18)21(25)16-28-15-19-8-6-5-7-9-19/h5-13,17H,4,14-16H2,1-3H3,(H,23,26)/t17-/m0/s1. The molecule has 150 valence electrons. The molecule has 5 nitrogen and oxygen atoms in total. The van der Waals surface area contributed by atoms with Gasteiger partial charge in [-0.05, 0) is 37.1 Å². The largest absolute Gasteiger partial charge is 0.497 e. The lowest BCUT2D eigenvalue weighted by Gasteiger charge is -2.28. The highest BCUT2D eigenvalue weighted by Gasteiger charge is 2.25. The van der Waals surface area contributed by atoms with Crippen LogP contribution >= 0.6 is 11.8 Å². The number of thioether (sulfide) groups is 1. The number of amides is 2. The summed E-state index contributed by atoms with van der Waals surface area (Å²) < 4.78 is 5.19. The Kier molecular flexibility index (Phi) is 8.88. The highest BCUT2D eigenvalue weighted by molar-refractivity contribution is 7.99. The number of carbonyl (C=O) groups excluding carboxylic acids is 2. The van der Waals surface area contributed by atoms with Crippen LogP contribution < -0.4 is 10.1 Å². The molecule has 2 amide bonds. The van der Waals surface area contributed by atoms with Gasteiger partial charge < -0.3 is 15.0 Å². The molecule has 0 spiro atoms.